The molecule has 0 saturated carbocycles. The van der Waals surface area contributed by atoms with E-state index in [1.807, 2.05) is 34.2 Å². The van der Waals surface area contributed by atoms with Crippen LogP contribution < -0.4 is 15.4 Å². The van der Waals surface area contributed by atoms with Gasteiger partial charge in [-0.25, -0.2) is 0 Å². The molecular formula is C27H40N4O3. The predicted octanol–water partition coefficient (Wildman–Crippen LogP) is 4.71. The Balaban J connectivity index is 1.80. The van der Waals surface area contributed by atoms with Crippen molar-refractivity contribution in [2.75, 3.05) is 44.6 Å². The molecule has 1 heterocycles. The van der Waals surface area contributed by atoms with Gasteiger partial charge >= 0.3 is 0 Å². The Morgan fingerprint density at radius 1 is 1.12 bits per heavy atom. The van der Waals surface area contributed by atoms with Gasteiger partial charge < -0.3 is 24.8 Å². The van der Waals surface area contributed by atoms with Gasteiger partial charge in [0.25, 0.3) is 0 Å². The molecule has 3 rings (SSSR count). The number of benzene rings is 2. The molecular weight excluding hydrogens is 428 g/mol. The normalized spacial score (nSPS) is 14.8. The zero-order chi connectivity index (χ0) is 24.4. The summed E-state index contributed by atoms with van der Waals surface area (Å²) in [4.78, 5) is 2.02. The van der Waals surface area contributed by atoms with Crippen LogP contribution in [-0.2, 0) is 21.4 Å². The fraction of sp³-hybridized carbons (Fsp3) is 0.519. The molecule has 2 aromatic rings. The first kappa shape index (κ1) is 25.8. The quantitative estimate of drug-likeness (QED) is 0.236. The molecule has 0 bridgehead atoms. The number of hydrogen-bond donors (Lipinski definition) is 1. The summed E-state index contributed by atoms with van der Waals surface area (Å²) in [6, 6.07) is 16.6. The molecule has 1 saturated heterocycles. The molecule has 0 aliphatic carbocycles. The molecule has 7 nitrogen and oxygen atoms in total. The summed E-state index contributed by atoms with van der Waals surface area (Å²) in [6.07, 6.45) is 2.13. The Morgan fingerprint density at radius 2 is 1.85 bits per heavy atom. The zero-order valence-electron chi connectivity index (χ0n) is 21.1. The van der Waals surface area contributed by atoms with E-state index in [1.54, 1.807) is 0 Å². The molecule has 1 fully saturated rings. The molecule has 0 spiro atoms. The second-order valence-electron chi connectivity index (χ2n) is 9.58. The molecule has 0 aromatic heterocycles. The van der Waals surface area contributed by atoms with Crippen molar-refractivity contribution in [2.24, 2.45) is 10.8 Å². The lowest BCUT2D eigenvalue weighted by Crippen LogP contribution is -2.41. The Kier molecular flexibility index (Phi) is 9.60. The highest BCUT2D eigenvalue weighted by Crippen LogP contribution is 2.25. The van der Waals surface area contributed by atoms with Gasteiger partial charge in [-0.15, -0.1) is 5.10 Å². The number of nitrogens with zero attached hydrogens (tertiary/aromatic N) is 3. The highest BCUT2D eigenvalue weighted by Gasteiger charge is 2.17. The Labute approximate surface area is 204 Å². The van der Waals surface area contributed by atoms with Crippen LogP contribution in [-0.4, -0.2) is 50.7 Å². The van der Waals surface area contributed by atoms with E-state index in [2.05, 4.69) is 52.0 Å². The van der Waals surface area contributed by atoms with Gasteiger partial charge in [-0.05, 0) is 35.1 Å². The predicted molar refractivity (Wildman–Crippen MR) is 138 cm³/mol. The van der Waals surface area contributed by atoms with Crippen LogP contribution in [0, 0.1) is 0 Å². The minimum atomic E-state index is 0.111. The van der Waals surface area contributed by atoms with E-state index >= 15 is 0 Å². The fourth-order valence-corrected chi connectivity index (χ4v) is 3.61. The van der Waals surface area contributed by atoms with Crippen LogP contribution in [0.2, 0.25) is 0 Å². The van der Waals surface area contributed by atoms with Crippen molar-refractivity contribution in [3.05, 3.63) is 59.7 Å². The van der Waals surface area contributed by atoms with E-state index in [9.17, 15) is 0 Å². The zero-order valence-corrected chi connectivity index (χ0v) is 21.1. The maximum absolute atomic E-state index is 6.56. The van der Waals surface area contributed by atoms with Gasteiger partial charge in [0.15, 0.2) is 6.79 Å². The molecule has 0 amide bonds. The molecule has 186 valence electrons. The summed E-state index contributed by atoms with van der Waals surface area (Å²) < 4.78 is 16.8. The van der Waals surface area contributed by atoms with Gasteiger partial charge in [-0.3, -0.25) is 5.01 Å². The van der Waals surface area contributed by atoms with E-state index in [4.69, 9.17) is 25.0 Å². The minimum absolute atomic E-state index is 0.111. The summed E-state index contributed by atoms with van der Waals surface area (Å²) in [6.45, 7) is 13.1. The van der Waals surface area contributed by atoms with Crippen molar-refractivity contribution in [1.29, 1.82) is 0 Å². The highest BCUT2D eigenvalue weighted by atomic mass is 16.7. The number of hydrogen-bond acceptors (Lipinski definition) is 5. The molecule has 0 unspecified atom stereocenters. The van der Waals surface area contributed by atoms with Crippen LogP contribution in [0.15, 0.2) is 53.6 Å². The average molecular weight is 469 g/mol. The lowest BCUT2D eigenvalue weighted by atomic mass is 9.87. The lowest BCUT2D eigenvalue weighted by Gasteiger charge is -2.29. The van der Waals surface area contributed by atoms with Crippen LogP contribution >= 0.6 is 0 Å². The molecule has 1 aliphatic rings. The molecule has 2 aromatic carbocycles. The molecule has 34 heavy (non-hydrogen) atoms. The van der Waals surface area contributed by atoms with Crippen LogP contribution in [0.3, 0.4) is 0 Å². The Morgan fingerprint density at radius 3 is 2.53 bits per heavy atom. The number of nitrogens with two attached hydrogens (primary N) is 1. The van der Waals surface area contributed by atoms with Crippen LogP contribution in [0.25, 0.3) is 0 Å². The third-order valence-electron chi connectivity index (χ3n) is 5.75. The topological polar surface area (TPSA) is 72.5 Å². The lowest BCUT2D eigenvalue weighted by molar-refractivity contribution is 0.0141. The summed E-state index contributed by atoms with van der Waals surface area (Å²) in [7, 11) is 0. The first-order chi connectivity index (χ1) is 16.4. The van der Waals surface area contributed by atoms with Crippen molar-refractivity contribution in [1.82, 2.24) is 5.01 Å². The molecule has 7 heteroatoms. The number of anilines is 1. The smallest absolute Gasteiger partial charge is 0.218 e. The molecule has 0 atom stereocenters. The summed E-state index contributed by atoms with van der Waals surface area (Å²) in [5.41, 5.74) is 10.0. The number of guanidine groups is 1. The van der Waals surface area contributed by atoms with E-state index in [1.165, 1.54) is 5.56 Å². The first-order valence-corrected chi connectivity index (χ1v) is 12.2. The number of ether oxygens (including phenoxy) is 3. The summed E-state index contributed by atoms with van der Waals surface area (Å²) in [5, 5.41) is 6.67. The van der Waals surface area contributed by atoms with Gasteiger partial charge in [0.2, 0.25) is 5.96 Å². The van der Waals surface area contributed by atoms with E-state index in [-0.39, 0.29) is 12.2 Å². The van der Waals surface area contributed by atoms with E-state index in [0.717, 1.165) is 42.9 Å². The molecule has 0 radical (unpaired) electrons. The van der Waals surface area contributed by atoms with Crippen LogP contribution in [0.1, 0.15) is 51.7 Å². The number of rotatable bonds is 10. The third kappa shape index (κ3) is 7.92. The van der Waals surface area contributed by atoms with E-state index in [0.29, 0.717) is 32.3 Å². The van der Waals surface area contributed by atoms with Gasteiger partial charge in [0.05, 0.1) is 39.5 Å². The SMILES string of the molecule is CCCCOCOc1cccc(N(Cc2ccc(C(C)(C)C)cc2)C(N)=NN2CCOCC2)c1. The second kappa shape index (κ2) is 12.6. The van der Waals surface area contributed by atoms with E-state index < -0.39 is 0 Å². The second-order valence-corrected chi connectivity index (χ2v) is 9.58. The van der Waals surface area contributed by atoms with Crippen molar-refractivity contribution >= 4 is 11.6 Å². The van der Waals surface area contributed by atoms with Gasteiger partial charge in [-0.1, -0.05) is 64.4 Å². The van der Waals surface area contributed by atoms with Crippen molar-refractivity contribution in [3.63, 3.8) is 0 Å². The van der Waals surface area contributed by atoms with Gasteiger partial charge in [0.1, 0.15) is 5.75 Å². The Bertz CT molecular complexity index is 903. The third-order valence-corrected chi connectivity index (χ3v) is 5.75. The number of unbranched alkanes of at least 4 members (excludes halogenated alkanes) is 1. The minimum Gasteiger partial charge on any atom is -0.467 e. The summed E-state index contributed by atoms with van der Waals surface area (Å²) >= 11 is 0. The highest BCUT2D eigenvalue weighted by molar-refractivity contribution is 5.94. The fourth-order valence-electron chi connectivity index (χ4n) is 3.61. The van der Waals surface area contributed by atoms with Crippen LogP contribution in [0.5, 0.6) is 5.75 Å². The first-order valence-electron chi connectivity index (χ1n) is 12.2. The van der Waals surface area contributed by atoms with Crippen LogP contribution in [0.4, 0.5) is 5.69 Å². The Hall–Kier alpha value is -2.77. The average Bonchev–Trinajstić information content (AvgIpc) is 2.83. The monoisotopic (exact) mass is 468 g/mol. The maximum Gasteiger partial charge on any atom is 0.218 e. The molecule has 1 aliphatic heterocycles. The maximum atomic E-state index is 6.56. The van der Waals surface area contributed by atoms with Gasteiger partial charge in [-0.2, -0.15) is 0 Å². The molecule has 2 N–H and O–H groups in total. The van der Waals surface area contributed by atoms with Crippen molar-refractivity contribution in [2.45, 2.75) is 52.5 Å². The number of hydrazone groups is 1. The van der Waals surface area contributed by atoms with Crippen molar-refractivity contribution < 1.29 is 14.2 Å². The van der Waals surface area contributed by atoms with Gasteiger partial charge in [0, 0.05) is 11.8 Å². The van der Waals surface area contributed by atoms with Crippen molar-refractivity contribution in [3.8, 4) is 5.75 Å². The number of morpholine rings is 1. The standard InChI is InChI=1S/C27H40N4O3/c1-5-6-16-33-21-34-25-9-7-8-24(19-25)31(26(28)29-30-14-17-32-18-15-30)20-22-10-12-23(13-11-22)27(2,3)4/h7-13,19H,5-6,14-18,20-21H2,1-4H3,(H2,28,29). The summed E-state index contributed by atoms with van der Waals surface area (Å²) in [5.74, 6) is 1.18. The largest absolute Gasteiger partial charge is 0.467 e.